The highest BCUT2D eigenvalue weighted by atomic mass is 16.4. The van der Waals surface area contributed by atoms with Crippen molar-refractivity contribution in [2.45, 2.75) is 44.7 Å². The minimum atomic E-state index is -1.09. The summed E-state index contributed by atoms with van der Waals surface area (Å²) in [6, 6.07) is -1.24. The van der Waals surface area contributed by atoms with Gasteiger partial charge in [0.15, 0.2) is 0 Å². The second-order valence-electron chi connectivity index (χ2n) is 6.01. The van der Waals surface area contributed by atoms with Crippen molar-refractivity contribution in [3.63, 3.8) is 0 Å². The van der Waals surface area contributed by atoms with Gasteiger partial charge in [-0.05, 0) is 18.8 Å². The Hall–Kier alpha value is -1.79. The number of nitrogens with zero attached hydrogens (tertiary/aromatic N) is 2. The molecule has 1 saturated carbocycles. The zero-order chi connectivity index (χ0) is 15.6. The third-order valence-electron chi connectivity index (χ3n) is 4.58. The first kappa shape index (κ1) is 15.6. The van der Waals surface area contributed by atoms with Crippen molar-refractivity contribution in [1.29, 1.82) is 0 Å². The highest BCUT2D eigenvalue weighted by Gasteiger charge is 2.39. The Balaban J connectivity index is 2.11. The van der Waals surface area contributed by atoms with Gasteiger partial charge in [-0.1, -0.05) is 19.8 Å². The van der Waals surface area contributed by atoms with Crippen molar-refractivity contribution >= 4 is 17.9 Å². The number of carboxylic acid groups (broad SMARTS) is 1. The predicted octanol–water partition coefficient (Wildman–Crippen LogP) is 0.502. The molecule has 0 aromatic heterocycles. The smallest absolute Gasteiger partial charge is 0.328 e. The van der Waals surface area contributed by atoms with E-state index in [0.29, 0.717) is 5.92 Å². The molecular formula is C14H23N3O4. The van der Waals surface area contributed by atoms with Crippen molar-refractivity contribution < 1.29 is 19.5 Å². The van der Waals surface area contributed by atoms with Crippen LogP contribution >= 0.6 is 0 Å². The highest BCUT2D eigenvalue weighted by Crippen LogP contribution is 2.28. The Morgan fingerprint density at radius 1 is 1.33 bits per heavy atom. The molecule has 2 N–H and O–H groups in total. The second-order valence-corrected chi connectivity index (χ2v) is 6.01. The van der Waals surface area contributed by atoms with Crippen LogP contribution in [0.1, 0.15) is 32.6 Å². The maximum atomic E-state index is 12.6. The van der Waals surface area contributed by atoms with Crippen LogP contribution in [0.3, 0.4) is 0 Å². The zero-order valence-corrected chi connectivity index (χ0v) is 12.5. The first-order chi connectivity index (χ1) is 9.91. The monoisotopic (exact) mass is 297 g/mol. The van der Waals surface area contributed by atoms with Crippen LogP contribution in [0.2, 0.25) is 0 Å². The van der Waals surface area contributed by atoms with E-state index < -0.39 is 12.0 Å². The topological polar surface area (TPSA) is 90.0 Å². The van der Waals surface area contributed by atoms with Gasteiger partial charge in [0.2, 0.25) is 5.91 Å². The lowest BCUT2D eigenvalue weighted by Crippen LogP contribution is -2.62. The molecule has 0 radical (unpaired) electrons. The summed E-state index contributed by atoms with van der Waals surface area (Å²) in [5.74, 6) is -1.01. The van der Waals surface area contributed by atoms with Crippen LogP contribution in [-0.4, -0.2) is 65.0 Å². The van der Waals surface area contributed by atoms with E-state index in [1.165, 1.54) is 11.3 Å². The van der Waals surface area contributed by atoms with E-state index in [1.807, 2.05) is 0 Å². The Morgan fingerprint density at radius 2 is 2.00 bits per heavy atom. The molecule has 0 aromatic carbocycles. The van der Waals surface area contributed by atoms with Crippen LogP contribution in [0.25, 0.3) is 0 Å². The van der Waals surface area contributed by atoms with E-state index in [4.69, 9.17) is 0 Å². The molecule has 0 bridgehead atoms. The lowest BCUT2D eigenvalue weighted by molar-refractivity contribution is -0.144. The van der Waals surface area contributed by atoms with Crippen LogP contribution < -0.4 is 5.32 Å². The van der Waals surface area contributed by atoms with Crippen LogP contribution in [0, 0.1) is 5.92 Å². The number of urea groups is 1. The lowest BCUT2D eigenvalue weighted by atomic mass is 9.85. The summed E-state index contributed by atoms with van der Waals surface area (Å²) < 4.78 is 0. The number of piperazine rings is 1. The Bertz CT molecular complexity index is 440. The molecule has 1 aliphatic heterocycles. The summed E-state index contributed by atoms with van der Waals surface area (Å²) in [6.45, 7) is 1.89. The quantitative estimate of drug-likeness (QED) is 0.776. The molecule has 0 spiro atoms. The first-order valence-corrected chi connectivity index (χ1v) is 7.44. The molecule has 2 fully saturated rings. The lowest BCUT2D eigenvalue weighted by Gasteiger charge is -2.41. The van der Waals surface area contributed by atoms with Gasteiger partial charge in [0, 0.05) is 19.6 Å². The van der Waals surface area contributed by atoms with Gasteiger partial charge in [-0.15, -0.1) is 0 Å². The molecule has 2 rings (SSSR count). The molecule has 3 unspecified atom stereocenters. The Labute approximate surface area is 124 Å². The fourth-order valence-electron chi connectivity index (χ4n) is 3.28. The van der Waals surface area contributed by atoms with Gasteiger partial charge >= 0.3 is 12.0 Å². The molecule has 2 aliphatic rings. The minimum Gasteiger partial charge on any atom is -0.480 e. The molecule has 1 heterocycles. The molecule has 3 atom stereocenters. The number of hydrogen-bond donors (Lipinski definition) is 2. The van der Waals surface area contributed by atoms with Gasteiger partial charge in [0.1, 0.15) is 12.6 Å². The van der Waals surface area contributed by atoms with Crippen LogP contribution in [0.4, 0.5) is 4.79 Å². The van der Waals surface area contributed by atoms with Crippen molar-refractivity contribution in [2.75, 3.05) is 20.1 Å². The highest BCUT2D eigenvalue weighted by molar-refractivity contribution is 5.90. The maximum absolute atomic E-state index is 12.6. The largest absolute Gasteiger partial charge is 0.480 e. The molecule has 21 heavy (non-hydrogen) atoms. The average molecular weight is 297 g/mol. The van der Waals surface area contributed by atoms with E-state index in [2.05, 4.69) is 12.2 Å². The number of carbonyl (C=O) groups is 3. The van der Waals surface area contributed by atoms with Crippen LogP contribution in [0.15, 0.2) is 0 Å². The van der Waals surface area contributed by atoms with Gasteiger partial charge in [-0.3, -0.25) is 9.69 Å². The van der Waals surface area contributed by atoms with E-state index in [9.17, 15) is 19.5 Å². The fraction of sp³-hybridized carbons (Fsp3) is 0.786. The number of aliphatic carboxylic acids is 1. The molecule has 1 saturated heterocycles. The molecule has 7 heteroatoms. The van der Waals surface area contributed by atoms with Gasteiger partial charge in [-0.25, -0.2) is 9.59 Å². The van der Waals surface area contributed by atoms with E-state index >= 15 is 0 Å². The molecular weight excluding hydrogens is 274 g/mol. The summed E-state index contributed by atoms with van der Waals surface area (Å²) in [6.07, 6.45) is 4.26. The van der Waals surface area contributed by atoms with Gasteiger partial charge in [0.05, 0.1) is 0 Å². The number of rotatable bonds is 2. The SMILES string of the molecule is CC1CCCCC1N(C)C(=O)N1CC(=O)NCC1C(=O)O. The van der Waals surface area contributed by atoms with Gasteiger partial charge in [-0.2, -0.15) is 0 Å². The normalized spacial score (nSPS) is 29.7. The zero-order valence-electron chi connectivity index (χ0n) is 12.5. The van der Waals surface area contributed by atoms with E-state index in [0.717, 1.165) is 19.3 Å². The summed E-state index contributed by atoms with van der Waals surface area (Å²) >= 11 is 0. The number of carboxylic acids is 1. The van der Waals surface area contributed by atoms with Crippen LogP contribution in [0.5, 0.6) is 0 Å². The van der Waals surface area contributed by atoms with Gasteiger partial charge in [0.25, 0.3) is 0 Å². The third kappa shape index (κ3) is 3.28. The number of carbonyl (C=O) groups excluding carboxylic acids is 2. The van der Waals surface area contributed by atoms with Crippen LogP contribution in [-0.2, 0) is 9.59 Å². The van der Waals surface area contributed by atoms with E-state index in [-0.39, 0.29) is 31.1 Å². The van der Waals surface area contributed by atoms with E-state index in [1.54, 1.807) is 11.9 Å². The summed E-state index contributed by atoms with van der Waals surface area (Å²) in [5.41, 5.74) is 0. The van der Waals surface area contributed by atoms with Gasteiger partial charge < -0.3 is 15.3 Å². The minimum absolute atomic E-state index is 0.0338. The van der Waals surface area contributed by atoms with Crippen molar-refractivity contribution in [3.8, 4) is 0 Å². The summed E-state index contributed by atoms with van der Waals surface area (Å²) in [7, 11) is 1.71. The predicted molar refractivity (Wildman–Crippen MR) is 75.7 cm³/mol. The number of nitrogens with one attached hydrogen (secondary N) is 1. The second kappa shape index (κ2) is 6.32. The van der Waals surface area contributed by atoms with Crippen molar-refractivity contribution in [3.05, 3.63) is 0 Å². The molecule has 7 nitrogen and oxygen atoms in total. The third-order valence-corrected chi connectivity index (χ3v) is 4.58. The standard InChI is InChI=1S/C14H23N3O4/c1-9-5-3-4-6-10(9)16(2)14(21)17-8-12(18)15-7-11(17)13(19)20/h9-11H,3-8H2,1-2H3,(H,15,18)(H,19,20). The molecule has 1 aliphatic carbocycles. The number of amides is 3. The summed E-state index contributed by atoms with van der Waals surface area (Å²) in [5, 5.41) is 11.7. The summed E-state index contributed by atoms with van der Waals surface area (Å²) in [4.78, 5) is 38.2. The van der Waals surface area contributed by atoms with Crippen molar-refractivity contribution in [1.82, 2.24) is 15.1 Å². The maximum Gasteiger partial charge on any atom is 0.328 e. The molecule has 0 aromatic rings. The fourth-order valence-corrected chi connectivity index (χ4v) is 3.28. The Kier molecular flexibility index (Phi) is 4.69. The molecule has 3 amide bonds. The van der Waals surface area contributed by atoms with Crippen molar-refractivity contribution in [2.24, 2.45) is 5.92 Å². The number of hydrogen-bond acceptors (Lipinski definition) is 3. The Morgan fingerprint density at radius 3 is 2.62 bits per heavy atom. The first-order valence-electron chi connectivity index (χ1n) is 7.44. The average Bonchev–Trinajstić information content (AvgIpc) is 2.45. The molecule has 118 valence electrons.